The third-order valence-corrected chi connectivity index (χ3v) is 3.94. The minimum atomic E-state index is -0.570. The fraction of sp³-hybridized carbons (Fsp3) is 0.643. The number of nitrogens with one attached hydrogen (secondary N) is 2. The van der Waals surface area contributed by atoms with E-state index in [9.17, 15) is 5.11 Å². The largest absolute Gasteiger partial charge is 0.390 e. The molecule has 3 N–H and O–H groups in total. The van der Waals surface area contributed by atoms with Crippen molar-refractivity contribution in [1.82, 2.24) is 19.9 Å². The van der Waals surface area contributed by atoms with Gasteiger partial charge in [-0.1, -0.05) is 6.92 Å². The normalized spacial score (nSPS) is 18.1. The van der Waals surface area contributed by atoms with E-state index in [4.69, 9.17) is 0 Å². The van der Waals surface area contributed by atoms with Crippen molar-refractivity contribution in [2.75, 3.05) is 29.9 Å². The summed E-state index contributed by atoms with van der Waals surface area (Å²) in [7, 11) is 0. The molecule has 3 heterocycles. The Balaban J connectivity index is 1.91. The molecule has 0 spiro atoms. The van der Waals surface area contributed by atoms with Crippen LogP contribution in [-0.4, -0.2) is 50.3 Å². The predicted molar refractivity (Wildman–Crippen MR) is 82.5 cm³/mol. The van der Waals surface area contributed by atoms with E-state index in [0.29, 0.717) is 11.6 Å². The summed E-state index contributed by atoms with van der Waals surface area (Å²) in [6, 6.07) is 0. The summed E-state index contributed by atoms with van der Waals surface area (Å²) >= 11 is 0. The van der Waals surface area contributed by atoms with E-state index in [1.54, 1.807) is 6.33 Å². The molecule has 0 aromatic carbocycles. The lowest BCUT2D eigenvalue weighted by Gasteiger charge is -2.36. The number of aliphatic hydroxyl groups is 1. The smallest absolute Gasteiger partial charge is 0.226 e. The first-order valence-corrected chi connectivity index (χ1v) is 7.51. The average Bonchev–Trinajstić information content (AvgIpc) is 2.92. The first-order chi connectivity index (χ1) is 10.1. The van der Waals surface area contributed by atoms with Gasteiger partial charge in [0.1, 0.15) is 5.52 Å². The van der Waals surface area contributed by atoms with E-state index in [0.717, 1.165) is 50.2 Å². The fourth-order valence-electron chi connectivity index (χ4n) is 2.56. The molecule has 1 fully saturated rings. The minimum Gasteiger partial charge on any atom is -0.390 e. The molecule has 0 radical (unpaired) electrons. The van der Waals surface area contributed by atoms with E-state index < -0.39 is 5.60 Å². The fourth-order valence-corrected chi connectivity index (χ4v) is 2.56. The molecule has 1 aliphatic rings. The molecule has 2 aromatic heterocycles. The zero-order chi connectivity index (χ0) is 14.9. The molecule has 21 heavy (non-hydrogen) atoms. The average molecular weight is 290 g/mol. The molecule has 0 unspecified atom stereocenters. The van der Waals surface area contributed by atoms with E-state index in [1.807, 2.05) is 6.92 Å². The Kier molecular flexibility index (Phi) is 3.67. The number of hydrogen-bond acceptors (Lipinski definition) is 6. The molecule has 0 saturated carbocycles. The van der Waals surface area contributed by atoms with Crippen LogP contribution in [0.2, 0.25) is 0 Å². The standard InChI is InChI=1S/C14H22N6O/c1-3-6-15-13-18-11-10(16-9-17-11)12(19-13)20-7-4-14(2,21)5-8-20/h9,21H,3-8H2,1-2H3,(H2,15,16,17,18,19). The van der Waals surface area contributed by atoms with Crippen molar-refractivity contribution in [3.05, 3.63) is 6.33 Å². The zero-order valence-electron chi connectivity index (χ0n) is 12.6. The number of hydrogen-bond donors (Lipinski definition) is 3. The summed E-state index contributed by atoms with van der Waals surface area (Å²) in [6.07, 6.45) is 4.14. The van der Waals surface area contributed by atoms with Crippen LogP contribution in [0.1, 0.15) is 33.1 Å². The van der Waals surface area contributed by atoms with Gasteiger partial charge in [-0.2, -0.15) is 9.97 Å². The van der Waals surface area contributed by atoms with E-state index in [1.165, 1.54) is 0 Å². The van der Waals surface area contributed by atoms with Crippen molar-refractivity contribution in [3.63, 3.8) is 0 Å². The molecule has 7 heteroatoms. The first-order valence-electron chi connectivity index (χ1n) is 7.51. The minimum absolute atomic E-state index is 0.570. The molecular formula is C14H22N6O. The van der Waals surface area contributed by atoms with Gasteiger partial charge >= 0.3 is 0 Å². The van der Waals surface area contributed by atoms with Gasteiger partial charge in [0.2, 0.25) is 5.95 Å². The molecular weight excluding hydrogens is 268 g/mol. The van der Waals surface area contributed by atoms with Gasteiger partial charge in [0.25, 0.3) is 0 Å². The molecule has 1 aliphatic heterocycles. The van der Waals surface area contributed by atoms with Gasteiger partial charge < -0.3 is 20.3 Å². The summed E-state index contributed by atoms with van der Waals surface area (Å²) in [5.74, 6) is 1.48. The Bertz CT molecular complexity index is 613. The van der Waals surface area contributed by atoms with Crippen molar-refractivity contribution in [1.29, 1.82) is 0 Å². The first kappa shape index (κ1) is 14.1. The van der Waals surface area contributed by atoms with Gasteiger partial charge in [0.15, 0.2) is 11.5 Å². The van der Waals surface area contributed by atoms with Crippen LogP contribution in [-0.2, 0) is 0 Å². The maximum Gasteiger partial charge on any atom is 0.226 e. The third kappa shape index (κ3) is 2.92. The Morgan fingerprint density at radius 3 is 2.86 bits per heavy atom. The Hall–Kier alpha value is -1.89. The lowest BCUT2D eigenvalue weighted by molar-refractivity contribution is 0.0350. The second-order valence-corrected chi connectivity index (χ2v) is 5.88. The van der Waals surface area contributed by atoms with Crippen molar-refractivity contribution in [2.24, 2.45) is 0 Å². The van der Waals surface area contributed by atoms with Gasteiger partial charge in [-0.15, -0.1) is 0 Å². The number of imidazole rings is 1. The van der Waals surface area contributed by atoms with Crippen molar-refractivity contribution < 1.29 is 5.11 Å². The molecule has 1 saturated heterocycles. The van der Waals surface area contributed by atoms with Crippen LogP contribution in [0.5, 0.6) is 0 Å². The molecule has 0 atom stereocenters. The summed E-state index contributed by atoms with van der Waals surface area (Å²) in [6.45, 7) is 6.40. The Morgan fingerprint density at radius 2 is 2.14 bits per heavy atom. The molecule has 0 aliphatic carbocycles. The maximum absolute atomic E-state index is 10.1. The van der Waals surface area contributed by atoms with E-state index in [2.05, 4.69) is 37.1 Å². The zero-order valence-corrected chi connectivity index (χ0v) is 12.6. The predicted octanol–water partition coefficient (Wildman–Crippen LogP) is 1.53. The molecule has 0 amide bonds. The number of H-pyrrole nitrogens is 1. The summed E-state index contributed by atoms with van der Waals surface area (Å²) in [4.78, 5) is 18.6. The molecule has 0 bridgehead atoms. The number of fused-ring (bicyclic) bond motifs is 1. The van der Waals surface area contributed by atoms with Crippen LogP contribution in [0.4, 0.5) is 11.8 Å². The SMILES string of the molecule is CCCNc1nc(N2CCC(C)(O)CC2)c2[nH]cnc2n1. The second-order valence-electron chi connectivity index (χ2n) is 5.88. The van der Waals surface area contributed by atoms with Crippen LogP contribution < -0.4 is 10.2 Å². The quantitative estimate of drug-likeness (QED) is 0.791. The monoisotopic (exact) mass is 290 g/mol. The number of anilines is 2. The van der Waals surface area contributed by atoms with Gasteiger partial charge in [-0.25, -0.2) is 4.98 Å². The Morgan fingerprint density at radius 1 is 1.38 bits per heavy atom. The van der Waals surface area contributed by atoms with Gasteiger partial charge in [-0.3, -0.25) is 0 Å². The van der Waals surface area contributed by atoms with E-state index >= 15 is 0 Å². The van der Waals surface area contributed by atoms with Crippen molar-refractivity contribution in [3.8, 4) is 0 Å². The van der Waals surface area contributed by atoms with Crippen LogP contribution >= 0.6 is 0 Å². The lowest BCUT2D eigenvalue weighted by Crippen LogP contribution is -2.43. The van der Waals surface area contributed by atoms with Gasteiger partial charge in [-0.05, 0) is 26.2 Å². The highest BCUT2D eigenvalue weighted by molar-refractivity contribution is 5.84. The number of aromatic amines is 1. The van der Waals surface area contributed by atoms with E-state index in [-0.39, 0.29) is 0 Å². The topological polar surface area (TPSA) is 90.0 Å². The highest BCUT2D eigenvalue weighted by atomic mass is 16.3. The maximum atomic E-state index is 10.1. The van der Waals surface area contributed by atoms with Crippen molar-refractivity contribution in [2.45, 2.75) is 38.7 Å². The third-order valence-electron chi connectivity index (χ3n) is 3.94. The number of rotatable bonds is 4. The molecule has 7 nitrogen and oxygen atoms in total. The highest BCUT2D eigenvalue weighted by Crippen LogP contribution is 2.28. The van der Waals surface area contributed by atoms with Crippen LogP contribution in [0.25, 0.3) is 11.2 Å². The van der Waals surface area contributed by atoms with Crippen molar-refractivity contribution >= 4 is 22.9 Å². The van der Waals surface area contributed by atoms with Crippen LogP contribution in [0, 0.1) is 0 Å². The number of nitrogens with zero attached hydrogens (tertiary/aromatic N) is 4. The highest BCUT2D eigenvalue weighted by Gasteiger charge is 2.29. The second kappa shape index (κ2) is 5.48. The lowest BCUT2D eigenvalue weighted by atomic mass is 9.94. The Labute approximate surface area is 123 Å². The van der Waals surface area contributed by atoms with Crippen LogP contribution in [0.15, 0.2) is 6.33 Å². The summed E-state index contributed by atoms with van der Waals surface area (Å²) < 4.78 is 0. The van der Waals surface area contributed by atoms with Gasteiger partial charge in [0.05, 0.1) is 11.9 Å². The number of piperidine rings is 1. The molecule has 3 rings (SSSR count). The summed E-state index contributed by atoms with van der Waals surface area (Å²) in [5, 5.41) is 13.3. The molecule has 114 valence electrons. The number of aromatic nitrogens is 4. The molecule has 2 aromatic rings. The van der Waals surface area contributed by atoms with Crippen LogP contribution in [0.3, 0.4) is 0 Å². The van der Waals surface area contributed by atoms with Gasteiger partial charge in [0, 0.05) is 19.6 Å². The summed E-state index contributed by atoms with van der Waals surface area (Å²) in [5.41, 5.74) is 0.967.